The lowest BCUT2D eigenvalue weighted by Crippen LogP contribution is -2.36. The molecule has 31 heavy (non-hydrogen) atoms. The van der Waals surface area contributed by atoms with Crippen LogP contribution in [0.2, 0.25) is 0 Å². The number of hydrogen-bond acceptors (Lipinski definition) is 3. The van der Waals surface area contributed by atoms with Crippen molar-refractivity contribution in [3.63, 3.8) is 0 Å². The molecular formula is C27H35N3O. The molecule has 0 spiro atoms. The highest BCUT2D eigenvalue weighted by atomic mass is 16.2. The Kier molecular flexibility index (Phi) is 5.83. The predicted octanol–water partition coefficient (Wildman–Crippen LogP) is 4.91. The SMILES string of the molecule is Cc1ccc(CN2C[C@H]3CN(C(=O)CC4CCCC4)[C@H](c4ccccc4C)[C@H]3C2)cn1. The van der Waals surface area contributed by atoms with E-state index < -0.39 is 0 Å². The Morgan fingerprint density at radius 2 is 1.84 bits per heavy atom. The molecule has 164 valence electrons. The van der Waals surface area contributed by atoms with Gasteiger partial charge in [0.25, 0.3) is 0 Å². The summed E-state index contributed by atoms with van der Waals surface area (Å²) in [7, 11) is 0. The number of carbonyl (C=O) groups excluding carboxylic acids is 1. The van der Waals surface area contributed by atoms with Crippen LogP contribution in [-0.2, 0) is 11.3 Å². The molecule has 1 aromatic carbocycles. The average Bonchev–Trinajstić information content (AvgIpc) is 3.47. The molecule has 4 nitrogen and oxygen atoms in total. The van der Waals surface area contributed by atoms with Gasteiger partial charge in [-0.15, -0.1) is 0 Å². The van der Waals surface area contributed by atoms with E-state index in [4.69, 9.17) is 0 Å². The van der Waals surface area contributed by atoms with Crippen LogP contribution in [0, 0.1) is 31.6 Å². The molecule has 1 amide bonds. The van der Waals surface area contributed by atoms with Gasteiger partial charge in [0.1, 0.15) is 0 Å². The van der Waals surface area contributed by atoms with Crippen molar-refractivity contribution in [2.45, 2.75) is 58.5 Å². The standard InChI is InChI=1S/C27H35N3O/c1-19-7-3-6-10-24(19)27-25-18-29(15-22-12-11-20(2)28-14-22)16-23(25)17-30(27)26(31)13-21-8-4-5-9-21/h3,6-7,10-12,14,21,23,25,27H,4-5,8-9,13,15-18H2,1-2H3/t23-,25-,27+/m0/s1. The van der Waals surface area contributed by atoms with Crippen molar-refractivity contribution in [3.05, 3.63) is 65.0 Å². The first-order valence-corrected chi connectivity index (χ1v) is 12.1. The fourth-order valence-electron chi connectivity index (χ4n) is 6.27. The summed E-state index contributed by atoms with van der Waals surface area (Å²) in [6, 6.07) is 13.2. The second-order valence-corrected chi connectivity index (χ2v) is 10.1. The number of benzene rings is 1. The smallest absolute Gasteiger partial charge is 0.223 e. The number of likely N-dealkylation sites (tertiary alicyclic amines) is 2. The number of carbonyl (C=O) groups is 1. The number of rotatable bonds is 5. The number of aromatic nitrogens is 1. The molecule has 0 unspecified atom stereocenters. The van der Waals surface area contributed by atoms with Gasteiger partial charge < -0.3 is 4.90 Å². The molecule has 1 saturated carbocycles. The largest absolute Gasteiger partial charge is 0.335 e. The molecule has 0 bridgehead atoms. The van der Waals surface area contributed by atoms with E-state index in [0.29, 0.717) is 23.7 Å². The third-order valence-electron chi connectivity index (χ3n) is 7.88. The fraction of sp³-hybridized carbons (Fsp3) is 0.556. The van der Waals surface area contributed by atoms with Crippen LogP contribution in [0.3, 0.4) is 0 Å². The van der Waals surface area contributed by atoms with Crippen LogP contribution in [0.5, 0.6) is 0 Å². The van der Waals surface area contributed by atoms with E-state index in [0.717, 1.165) is 38.3 Å². The maximum Gasteiger partial charge on any atom is 0.223 e. The first-order valence-electron chi connectivity index (χ1n) is 12.1. The summed E-state index contributed by atoms with van der Waals surface area (Å²) < 4.78 is 0. The molecule has 3 atom stereocenters. The van der Waals surface area contributed by atoms with Crippen molar-refractivity contribution < 1.29 is 4.79 Å². The van der Waals surface area contributed by atoms with Crippen LogP contribution < -0.4 is 0 Å². The van der Waals surface area contributed by atoms with Gasteiger partial charge in [0, 0.05) is 50.4 Å². The number of nitrogens with zero attached hydrogens (tertiary/aromatic N) is 3. The zero-order valence-electron chi connectivity index (χ0n) is 19.0. The molecule has 2 aliphatic heterocycles. The highest BCUT2D eigenvalue weighted by Gasteiger charge is 2.49. The van der Waals surface area contributed by atoms with Crippen molar-refractivity contribution in [1.82, 2.24) is 14.8 Å². The first kappa shape index (κ1) is 20.7. The lowest BCUT2D eigenvalue weighted by molar-refractivity contribution is -0.133. The summed E-state index contributed by atoms with van der Waals surface area (Å²) in [5, 5.41) is 0. The maximum atomic E-state index is 13.4. The summed E-state index contributed by atoms with van der Waals surface area (Å²) in [6.07, 6.45) is 7.83. The second kappa shape index (κ2) is 8.74. The van der Waals surface area contributed by atoms with Crippen LogP contribution in [0.25, 0.3) is 0 Å². The number of hydrogen-bond donors (Lipinski definition) is 0. The van der Waals surface area contributed by atoms with Crippen LogP contribution in [0.4, 0.5) is 0 Å². The summed E-state index contributed by atoms with van der Waals surface area (Å²) in [5.74, 6) is 2.09. The van der Waals surface area contributed by atoms with E-state index in [1.54, 1.807) is 0 Å². The first-order chi connectivity index (χ1) is 15.1. The highest BCUT2D eigenvalue weighted by Crippen LogP contribution is 2.46. The molecule has 5 rings (SSSR count). The van der Waals surface area contributed by atoms with Crippen molar-refractivity contribution in [1.29, 1.82) is 0 Å². The third-order valence-corrected chi connectivity index (χ3v) is 7.88. The van der Waals surface area contributed by atoms with Crippen LogP contribution in [-0.4, -0.2) is 40.3 Å². The molecule has 3 heterocycles. The van der Waals surface area contributed by atoms with Gasteiger partial charge in [-0.1, -0.05) is 43.2 Å². The molecule has 0 N–H and O–H groups in total. The molecule has 3 fully saturated rings. The summed E-state index contributed by atoms with van der Waals surface area (Å²) in [5.41, 5.74) is 5.02. The van der Waals surface area contributed by atoms with E-state index in [1.807, 2.05) is 13.1 Å². The molecule has 2 saturated heterocycles. The lowest BCUT2D eigenvalue weighted by atomic mass is 9.87. The molecule has 2 aromatic rings. The van der Waals surface area contributed by atoms with E-state index in [2.05, 4.69) is 58.1 Å². The van der Waals surface area contributed by atoms with Crippen molar-refractivity contribution >= 4 is 5.91 Å². The van der Waals surface area contributed by atoms with Crippen LogP contribution >= 0.6 is 0 Å². The van der Waals surface area contributed by atoms with Crippen LogP contribution in [0.1, 0.15) is 60.5 Å². The Balaban J connectivity index is 1.35. The summed E-state index contributed by atoms with van der Waals surface area (Å²) in [6.45, 7) is 8.24. The van der Waals surface area contributed by atoms with E-state index in [-0.39, 0.29) is 6.04 Å². The van der Waals surface area contributed by atoms with Crippen molar-refractivity contribution in [2.75, 3.05) is 19.6 Å². The monoisotopic (exact) mass is 417 g/mol. The van der Waals surface area contributed by atoms with Gasteiger partial charge in [-0.2, -0.15) is 0 Å². The van der Waals surface area contributed by atoms with Gasteiger partial charge in [-0.05, 0) is 61.3 Å². The maximum absolute atomic E-state index is 13.4. The number of fused-ring (bicyclic) bond motifs is 1. The van der Waals surface area contributed by atoms with Gasteiger partial charge in [-0.3, -0.25) is 14.7 Å². The molecule has 4 heteroatoms. The van der Waals surface area contributed by atoms with Crippen LogP contribution in [0.15, 0.2) is 42.6 Å². The Morgan fingerprint density at radius 1 is 1.03 bits per heavy atom. The van der Waals surface area contributed by atoms with E-state index in [1.165, 1.54) is 42.4 Å². The fourth-order valence-corrected chi connectivity index (χ4v) is 6.27. The number of pyridine rings is 1. The Bertz CT molecular complexity index is 918. The zero-order valence-corrected chi connectivity index (χ0v) is 19.0. The normalized spacial score (nSPS) is 26.5. The average molecular weight is 418 g/mol. The second-order valence-electron chi connectivity index (χ2n) is 10.1. The molecule has 1 aromatic heterocycles. The lowest BCUT2D eigenvalue weighted by Gasteiger charge is -2.31. The molecular weight excluding hydrogens is 382 g/mol. The summed E-state index contributed by atoms with van der Waals surface area (Å²) >= 11 is 0. The topological polar surface area (TPSA) is 36.4 Å². The quantitative estimate of drug-likeness (QED) is 0.693. The van der Waals surface area contributed by atoms with Gasteiger partial charge in [0.2, 0.25) is 5.91 Å². The minimum absolute atomic E-state index is 0.223. The van der Waals surface area contributed by atoms with Crippen molar-refractivity contribution in [3.8, 4) is 0 Å². The van der Waals surface area contributed by atoms with E-state index >= 15 is 0 Å². The minimum Gasteiger partial charge on any atom is -0.335 e. The molecule has 1 aliphatic carbocycles. The number of amides is 1. The Hall–Kier alpha value is -2.20. The van der Waals surface area contributed by atoms with Crippen molar-refractivity contribution in [2.24, 2.45) is 17.8 Å². The van der Waals surface area contributed by atoms with Gasteiger partial charge in [0.05, 0.1) is 6.04 Å². The van der Waals surface area contributed by atoms with Gasteiger partial charge in [0.15, 0.2) is 0 Å². The highest BCUT2D eigenvalue weighted by molar-refractivity contribution is 5.77. The molecule has 0 radical (unpaired) electrons. The zero-order chi connectivity index (χ0) is 21.4. The Labute approximate surface area is 186 Å². The van der Waals surface area contributed by atoms with E-state index in [9.17, 15) is 4.79 Å². The van der Waals surface area contributed by atoms with Gasteiger partial charge in [-0.25, -0.2) is 0 Å². The minimum atomic E-state index is 0.223. The Morgan fingerprint density at radius 3 is 2.58 bits per heavy atom. The predicted molar refractivity (Wildman–Crippen MR) is 123 cm³/mol. The molecule has 3 aliphatic rings. The number of aryl methyl sites for hydroxylation is 2. The third kappa shape index (κ3) is 4.27. The van der Waals surface area contributed by atoms with Gasteiger partial charge >= 0.3 is 0 Å². The summed E-state index contributed by atoms with van der Waals surface area (Å²) in [4.78, 5) is 22.7.